The zero-order valence-electron chi connectivity index (χ0n) is 8.31. The predicted molar refractivity (Wildman–Crippen MR) is 57.0 cm³/mol. The Hall–Kier alpha value is -0.970. The lowest BCUT2D eigenvalue weighted by molar-refractivity contribution is 0.0685. The quantitative estimate of drug-likeness (QED) is 0.836. The predicted octanol–water partition coefficient (Wildman–Crippen LogP) is 2.41. The number of carboxylic acid groups (broad SMARTS) is 1. The third-order valence-corrected chi connectivity index (χ3v) is 3.80. The van der Waals surface area contributed by atoms with Gasteiger partial charge in [0.25, 0.3) is 0 Å². The second-order valence-electron chi connectivity index (χ2n) is 3.80. The standard InChI is InChI=1S/C10H13NO3S/c12-10(13)9-4-8(14-11-9)6-15-5-7-2-1-3-7/h4,7H,1-3,5-6H2,(H,12,13). The molecule has 82 valence electrons. The van der Waals surface area contributed by atoms with Crippen molar-refractivity contribution in [2.24, 2.45) is 5.92 Å². The van der Waals surface area contributed by atoms with Gasteiger partial charge in [0.1, 0.15) is 5.76 Å². The highest BCUT2D eigenvalue weighted by Crippen LogP contribution is 2.30. The number of aromatic nitrogens is 1. The van der Waals surface area contributed by atoms with Crippen LogP contribution in [-0.4, -0.2) is 22.0 Å². The van der Waals surface area contributed by atoms with E-state index in [2.05, 4.69) is 5.16 Å². The van der Waals surface area contributed by atoms with E-state index in [1.807, 2.05) is 0 Å². The van der Waals surface area contributed by atoms with Crippen molar-refractivity contribution in [3.63, 3.8) is 0 Å². The van der Waals surface area contributed by atoms with E-state index in [0.29, 0.717) is 5.76 Å². The van der Waals surface area contributed by atoms with Gasteiger partial charge < -0.3 is 9.63 Å². The molecule has 0 saturated heterocycles. The minimum absolute atomic E-state index is 0.00533. The van der Waals surface area contributed by atoms with Crippen LogP contribution in [0.5, 0.6) is 0 Å². The molecular formula is C10H13NO3S. The van der Waals surface area contributed by atoms with Gasteiger partial charge >= 0.3 is 5.97 Å². The molecule has 0 atom stereocenters. The number of nitrogens with zero attached hydrogens (tertiary/aromatic N) is 1. The fourth-order valence-corrected chi connectivity index (χ4v) is 2.59. The zero-order chi connectivity index (χ0) is 10.7. The molecule has 1 heterocycles. The van der Waals surface area contributed by atoms with Gasteiger partial charge in [0, 0.05) is 6.07 Å². The summed E-state index contributed by atoms with van der Waals surface area (Å²) in [7, 11) is 0. The Balaban J connectivity index is 1.75. The van der Waals surface area contributed by atoms with Crippen molar-refractivity contribution in [3.8, 4) is 0 Å². The molecule has 1 aliphatic carbocycles. The van der Waals surface area contributed by atoms with Crippen molar-refractivity contribution in [2.45, 2.75) is 25.0 Å². The van der Waals surface area contributed by atoms with Crippen LogP contribution < -0.4 is 0 Å². The summed E-state index contributed by atoms with van der Waals surface area (Å²) in [6, 6.07) is 1.50. The SMILES string of the molecule is O=C(O)c1cc(CSCC2CCC2)on1. The highest BCUT2D eigenvalue weighted by Gasteiger charge is 2.17. The van der Waals surface area contributed by atoms with Gasteiger partial charge in [0.2, 0.25) is 0 Å². The molecule has 1 aromatic rings. The van der Waals surface area contributed by atoms with Crippen LogP contribution in [0.2, 0.25) is 0 Å². The Morgan fingerprint density at radius 1 is 1.67 bits per heavy atom. The second kappa shape index (κ2) is 4.70. The van der Waals surface area contributed by atoms with E-state index in [-0.39, 0.29) is 5.69 Å². The summed E-state index contributed by atoms with van der Waals surface area (Å²) >= 11 is 1.79. The molecule has 1 fully saturated rings. The number of rotatable bonds is 5. The van der Waals surface area contributed by atoms with Crippen LogP contribution in [0.15, 0.2) is 10.6 Å². The van der Waals surface area contributed by atoms with E-state index in [1.54, 1.807) is 11.8 Å². The van der Waals surface area contributed by atoms with Gasteiger partial charge in [-0.25, -0.2) is 4.79 Å². The van der Waals surface area contributed by atoms with Crippen LogP contribution in [0.4, 0.5) is 0 Å². The van der Waals surface area contributed by atoms with E-state index >= 15 is 0 Å². The molecule has 1 aromatic heterocycles. The monoisotopic (exact) mass is 227 g/mol. The fraction of sp³-hybridized carbons (Fsp3) is 0.600. The first-order chi connectivity index (χ1) is 7.25. The van der Waals surface area contributed by atoms with E-state index in [1.165, 1.54) is 25.3 Å². The number of thioether (sulfide) groups is 1. The van der Waals surface area contributed by atoms with E-state index in [4.69, 9.17) is 9.63 Å². The number of carbonyl (C=O) groups is 1. The zero-order valence-corrected chi connectivity index (χ0v) is 9.13. The average Bonchev–Trinajstić information content (AvgIpc) is 2.57. The van der Waals surface area contributed by atoms with E-state index in [9.17, 15) is 4.79 Å². The first kappa shape index (κ1) is 10.5. The molecule has 1 N–H and O–H groups in total. The molecule has 5 heteroatoms. The Kier molecular flexibility index (Phi) is 3.30. The summed E-state index contributed by atoms with van der Waals surface area (Å²) in [6.45, 7) is 0. The Morgan fingerprint density at radius 2 is 2.47 bits per heavy atom. The maximum atomic E-state index is 10.5. The summed E-state index contributed by atoms with van der Waals surface area (Å²) < 4.78 is 4.91. The smallest absolute Gasteiger partial charge is 0.358 e. The molecule has 4 nitrogen and oxygen atoms in total. The summed E-state index contributed by atoms with van der Waals surface area (Å²) in [5, 5.41) is 12.1. The lowest BCUT2D eigenvalue weighted by atomic mass is 9.87. The normalized spacial score (nSPS) is 16.3. The van der Waals surface area contributed by atoms with Gasteiger partial charge in [0.15, 0.2) is 5.69 Å². The van der Waals surface area contributed by atoms with Gasteiger partial charge in [-0.15, -0.1) is 0 Å². The molecule has 0 unspecified atom stereocenters. The summed E-state index contributed by atoms with van der Waals surface area (Å²) in [5.41, 5.74) is -0.00533. The third kappa shape index (κ3) is 2.75. The second-order valence-corrected chi connectivity index (χ2v) is 4.83. The maximum Gasteiger partial charge on any atom is 0.358 e. The first-order valence-corrected chi connectivity index (χ1v) is 6.18. The van der Waals surface area contributed by atoms with Gasteiger partial charge in [-0.1, -0.05) is 11.6 Å². The van der Waals surface area contributed by atoms with Crippen molar-refractivity contribution >= 4 is 17.7 Å². The van der Waals surface area contributed by atoms with Crippen LogP contribution in [0, 0.1) is 5.92 Å². The van der Waals surface area contributed by atoms with Crippen LogP contribution in [0.3, 0.4) is 0 Å². The minimum Gasteiger partial charge on any atom is -0.476 e. The van der Waals surface area contributed by atoms with Gasteiger partial charge in [-0.05, 0) is 24.5 Å². The fourth-order valence-electron chi connectivity index (χ4n) is 1.47. The Bertz CT molecular complexity index is 346. The number of carboxylic acids is 1. The molecule has 0 spiro atoms. The molecule has 1 aliphatic rings. The minimum atomic E-state index is -1.03. The Morgan fingerprint density at radius 3 is 3.00 bits per heavy atom. The highest BCUT2D eigenvalue weighted by atomic mass is 32.2. The number of aromatic carboxylic acids is 1. The topological polar surface area (TPSA) is 63.3 Å². The maximum absolute atomic E-state index is 10.5. The van der Waals surface area contributed by atoms with Gasteiger partial charge in [-0.3, -0.25) is 0 Å². The van der Waals surface area contributed by atoms with Crippen molar-refractivity contribution in [1.29, 1.82) is 0 Å². The lowest BCUT2D eigenvalue weighted by Crippen LogP contribution is -2.13. The molecule has 1 saturated carbocycles. The Labute approximate surface area is 92.0 Å². The molecule has 0 radical (unpaired) electrons. The number of hydrogen-bond donors (Lipinski definition) is 1. The van der Waals surface area contributed by atoms with Crippen molar-refractivity contribution in [2.75, 3.05) is 5.75 Å². The van der Waals surface area contributed by atoms with Crippen molar-refractivity contribution < 1.29 is 14.4 Å². The summed E-state index contributed by atoms with van der Waals surface area (Å²) in [5.74, 6) is 2.34. The van der Waals surface area contributed by atoms with Gasteiger partial charge in [-0.2, -0.15) is 11.8 Å². The molecule has 0 amide bonds. The van der Waals surface area contributed by atoms with Crippen LogP contribution in [0.25, 0.3) is 0 Å². The molecule has 0 bridgehead atoms. The summed E-state index contributed by atoms with van der Waals surface area (Å²) in [4.78, 5) is 10.5. The lowest BCUT2D eigenvalue weighted by Gasteiger charge is -2.24. The molecular weight excluding hydrogens is 214 g/mol. The van der Waals surface area contributed by atoms with E-state index in [0.717, 1.165) is 17.4 Å². The molecule has 0 aliphatic heterocycles. The van der Waals surface area contributed by atoms with Crippen LogP contribution in [0.1, 0.15) is 35.5 Å². The first-order valence-electron chi connectivity index (χ1n) is 5.02. The van der Waals surface area contributed by atoms with Gasteiger partial charge in [0.05, 0.1) is 5.75 Å². The molecule has 0 aromatic carbocycles. The third-order valence-electron chi connectivity index (χ3n) is 2.60. The van der Waals surface area contributed by atoms with Crippen molar-refractivity contribution in [1.82, 2.24) is 5.16 Å². The number of hydrogen-bond acceptors (Lipinski definition) is 4. The highest BCUT2D eigenvalue weighted by molar-refractivity contribution is 7.98. The van der Waals surface area contributed by atoms with E-state index < -0.39 is 5.97 Å². The van der Waals surface area contributed by atoms with Crippen LogP contribution in [-0.2, 0) is 5.75 Å². The largest absolute Gasteiger partial charge is 0.476 e. The van der Waals surface area contributed by atoms with Crippen molar-refractivity contribution in [3.05, 3.63) is 17.5 Å². The molecule has 15 heavy (non-hydrogen) atoms. The molecule has 2 rings (SSSR count). The average molecular weight is 227 g/mol. The van der Waals surface area contributed by atoms with Crippen LogP contribution >= 0.6 is 11.8 Å². The summed E-state index contributed by atoms with van der Waals surface area (Å²) in [6.07, 6.45) is 4.03.